The summed E-state index contributed by atoms with van der Waals surface area (Å²) in [6.45, 7) is 5.88. The molecule has 1 amide bonds. The summed E-state index contributed by atoms with van der Waals surface area (Å²) in [5.41, 5.74) is -0.279. The molecular weight excluding hydrogens is 280 g/mol. The molecule has 1 aromatic rings. The zero-order valence-electron chi connectivity index (χ0n) is 12.6. The van der Waals surface area contributed by atoms with Gasteiger partial charge in [-0.2, -0.15) is 4.68 Å². The highest BCUT2D eigenvalue weighted by Crippen LogP contribution is 2.23. The van der Waals surface area contributed by atoms with Crippen LogP contribution in [0.15, 0.2) is 5.16 Å². The van der Waals surface area contributed by atoms with E-state index in [-0.39, 0.29) is 23.2 Å². The first kappa shape index (κ1) is 16.5. The van der Waals surface area contributed by atoms with Crippen LogP contribution in [0.2, 0.25) is 0 Å². The van der Waals surface area contributed by atoms with Gasteiger partial charge in [0.05, 0.1) is 12.9 Å². The summed E-state index contributed by atoms with van der Waals surface area (Å²) in [6, 6.07) is -0.305. The molecule has 1 aromatic heterocycles. The number of ether oxygens (including phenoxy) is 1. The van der Waals surface area contributed by atoms with Crippen molar-refractivity contribution < 1.29 is 14.3 Å². The number of carbonyl (C=O) groups is 2. The highest BCUT2D eigenvalue weighted by atomic mass is 32.2. The summed E-state index contributed by atoms with van der Waals surface area (Å²) in [7, 11) is 4.59. The second kappa shape index (κ2) is 6.25. The van der Waals surface area contributed by atoms with Gasteiger partial charge in [-0.3, -0.25) is 4.79 Å². The third-order valence-corrected chi connectivity index (χ3v) is 3.26. The largest absolute Gasteiger partial charge is 0.468 e. The van der Waals surface area contributed by atoms with Gasteiger partial charge in [0.1, 0.15) is 0 Å². The zero-order chi connectivity index (χ0) is 15.5. The van der Waals surface area contributed by atoms with Crippen molar-refractivity contribution in [1.82, 2.24) is 19.7 Å². The normalized spacial score (nSPS) is 11.3. The second-order valence-electron chi connectivity index (χ2n) is 5.42. The smallest absolute Gasteiger partial charge is 0.346 e. The van der Waals surface area contributed by atoms with Crippen LogP contribution in [0, 0.1) is 0 Å². The minimum Gasteiger partial charge on any atom is -0.468 e. The SMILES string of the molecule is COC(=O)CSc1nc(C(C)(C)C)nn1C(=O)N(C)C. The summed E-state index contributed by atoms with van der Waals surface area (Å²) >= 11 is 1.13. The molecule has 0 radical (unpaired) electrons. The van der Waals surface area contributed by atoms with Gasteiger partial charge in [0.15, 0.2) is 11.0 Å². The molecule has 0 spiro atoms. The molecular formula is C12H20N4O3S. The van der Waals surface area contributed by atoms with Crippen LogP contribution in [0.1, 0.15) is 26.6 Å². The number of thioether (sulfide) groups is 1. The number of esters is 1. The fourth-order valence-corrected chi connectivity index (χ4v) is 1.96. The van der Waals surface area contributed by atoms with E-state index in [0.717, 1.165) is 11.8 Å². The Hall–Kier alpha value is -1.57. The van der Waals surface area contributed by atoms with Gasteiger partial charge >= 0.3 is 12.0 Å². The van der Waals surface area contributed by atoms with E-state index in [1.165, 1.54) is 16.7 Å². The van der Waals surface area contributed by atoms with E-state index in [9.17, 15) is 9.59 Å². The van der Waals surface area contributed by atoms with Crippen molar-refractivity contribution in [2.24, 2.45) is 0 Å². The Morgan fingerprint density at radius 2 is 1.95 bits per heavy atom. The Morgan fingerprint density at radius 3 is 2.40 bits per heavy atom. The number of rotatable bonds is 3. The van der Waals surface area contributed by atoms with E-state index in [2.05, 4.69) is 14.8 Å². The maximum Gasteiger partial charge on any atom is 0.346 e. The van der Waals surface area contributed by atoms with Crippen molar-refractivity contribution in [2.45, 2.75) is 31.3 Å². The lowest BCUT2D eigenvalue weighted by Crippen LogP contribution is -2.29. The van der Waals surface area contributed by atoms with Crippen LogP contribution in [0.4, 0.5) is 4.79 Å². The van der Waals surface area contributed by atoms with Gasteiger partial charge < -0.3 is 9.64 Å². The summed E-state index contributed by atoms with van der Waals surface area (Å²) in [5.74, 6) is 0.263. The van der Waals surface area contributed by atoms with Crippen LogP contribution < -0.4 is 0 Å². The Kier molecular flexibility index (Phi) is 5.15. The number of hydrogen-bond acceptors (Lipinski definition) is 6. The Morgan fingerprint density at radius 1 is 1.35 bits per heavy atom. The fourth-order valence-electron chi connectivity index (χ4n) is 1.21. The Bertz CT molecular complexity index is 505. The van der Waals surface area contributed by atoms with Gasteiger partial charge in [0.25, 0.3) is 0 Å². The van der Waals surface area contributed by atoms with Crippen LogP contribution in [0.3, 0.4) is 0 Å². The quantitative estimate of drug-likeness (QED) is 0.620. The lowest BCUT2D eigenvalue weighted by Gasteiger charge is -2.13. The summed E-state index contributed by atoms with van der Waals surface area (Å²) in [6.07, 6.45) is 0. The van der Waals surface area contributed by atoms with E-state index in [1.54, 1.807) is 14.1 Å². The molecule has 0 aromatic carbocycles. The third-order valence-electron chi connectivity index (χ3n) is 2.36. The van der Waals surface area contributed by atoms with E-state index in [4.69, 9.17) is 0 Å². The van der Waals surface area contributed by atoms with Crippen molar-refractivity contribution in [2.75, 3.05) is 27.0 Å². The number of nitrogens with zero attached hydrogens (tertiary/aromatic N) is 4. The molecule has 20 heavy (non-hydrogen) atoms. The number of aromatic nitrogens is 3. The monoisotopic (exact) mass is 300 g/mol. The van der Waals surface area contributed by atoms with E-state index < -0.39 is 0 Å². The van der Waals surface area contributed by atoms with Crippen molar-refractivity contribution in [3.63, 3.8) is 0 Å². The highest BCUT2D eigenvalue weighted by Gasteiger charge is 2.25. The van der Waals surface area contributed by atoms with Crippen molar-refractivity contribution in [3.05, 3.63) is 5.82 Å². The lowest BCUT2D eigenvalue weighted by molar-refractivity contribution is -0.137. The van der Waals surface area contributed by atoms with Gasteiger partial charge in [-0.25, -0.2) is 9.78 Å². The molecule has 8 heteroatoms. The molecule has 0 aliphatic heterocycles. The van der Waals surface area contributed by atoms with E-state index in [0.29, 0.717) is 11.0 Å². The molecule has 1 rings (SSSR count). The standard InChI is InChI=1S/C12H20N4O3S/c1-12(2,3)9-13-10(20-7-8(17)19-6)16(14-9)11(18)15(4)5/h7H2,1-6H3. The number of amides is 1. The van der Waals surface area contributed by atoms with Gasteiger partial charge in [-0.15, -0.1) is 5.10 Å². The molecule has 112 valence electrons. The average molecular weight is 300 g/mol. The fraction of sp³-hybridized carbons (Fsp3) is 0.667. The maximum atomic E-state index is 12.1. The molecule has 0 saturated heterocycles. The molecule has 0 unspecified atom stereocenters. The average Bonchev–Trinajstić information content (AvgIpc) is 2.78. The number of carbonyl (C=O) groups excluding carboxylic acids is 2. The van der Waals surface area contributed by atoms with Crippen LogP contribution >= 0.6 is 11.8 Å². The number of methoxy groups -OCH3 is 1. The van der Waals surface area contributed by atoms with Crippen molar-refractivity contribution >= 4 is 23.8 Å². The van der Waals surface area contributed by atoms with Crippen LogP contribution in [0.5, 0.6) is 0 Å². The van der Waals surface area contributed by atoms with E-state index in [1.807, 2.05) is 20.8 Å². The van der Waals surface area contributed by atoms with E-state index >= 15 is 0 Å². The zero-order valence-corrected chi connectivity index (χ0v) is 13.4. The first-order valence-corrected chi connectivity index (χ1v) is 7.04. The molecule has 0 aliphatic carbocycles. The summed E-state index contributed by atoms with van der Waals surface area (Å²) in [5, 5.41) is 4.64. The van der Waals surface area contributed by atoms with Crippen LogP contribution in [0.25, 0.3) is 0 Å². The topological polar surface area (TPSA) is 77.3 Å². The minimum atomic E-state index is -0.376. The maximum absolute atomic E-state index is 12.1. The predicted molar refractivity (Wildman–Crippen MR) is 75.9 cm³/mol. The molecule has 7 nitrogen and oxygen atoms in total. The summed E-state index contributed by atoms with van der Waals surface area (Å²) in [4.78, 5) is 29.0. The molecule has 0 saturated carbocycles. The molecule has 0 N–H and O–H groups in total. The minimum absolute atomic E-state index is 0.0828. The molecule has 0 fully saturated rings. The first-order chi connectivity index (χ1) is 9.16. The Labute approximate surface area is 122 Å². The molecule has 1 heterocycles. The third kappa shape index (κ3) is 3.96. The molecule has 0 aliphatic rings. The second-order valence-corrected chi connectivity index (χ2v) is 6.36. The Balaban J connectivity index is 3.09. The highest BCUT2D eigenvalue weighted by molar-refractivity contribution is 7.99. The van der Waals surface area contributed by atoms with Gasteiger partial charge in [0, 0.05) is 19.5 Å². The van der Waals surface area contributed by atoms with Gasteiger partial charge in [-0.1, -0.05) is 32.5 Å². The van der Waals surface area contributed by atoms with Gasteiger partial charge in [-0.05, 0) is 0 Å². The van der Waals surface area contributed by atoms with Gasteiger partial charge in [0.2, 0.25) is 0 Å². The molecule has 0 atom stereocenters. The number of hydrogen-bond donors (Lipinski definition) is 0. The predicted octanol–water partition coefficient (Wildman–Crippen LogP) is 1.37. The first-order valence-electron chi connectivity index (χ1n) is 6.05. The lowest BCUT2D eigenvalue weighted by atomic mass is 9.96. The van der Waals surface area contributed by atoms with Crippen molar-refractivity contribution in [3.8, 4) is 0 Å². The van der Waals surface area contributed by atoms with Crippen LogP contribution in [-0.4, -0.2) is 58.6 Å². The molecule has 0 bridgehead atoms. The van der Waals surface area contributed by atoms with Crippen LogP contribution in [-0.2, 0) is 14.9 Å². The summed E-state index contributed by atoms with van der Waals surface area (Å²) < 4.78 is 5.80. The van der Waals surface area contributed by atoms with Crippen molar-refractivity contribution in [1.29, 1.82) is 0 Å².